The number of carbonyl (C=O) groups excluding carboxylic acids is 1. The molecule has 0 saturated carbocycles. The van der Waals surface area contributed by atoms with Crippen molar-refractivity contribution in [2.75, 3.05) is 13.7 Å². The van der Waals surface area contributed by atoms with Crippen LogP contribution in [-0.4, -0.2) is 24.3 Å². The third-order valence-electron chi connectivity index (χ3n) is 4.84. The molecule has 3 aromatic carbocycles. The van der Waals surface area contributed by atoms with Gasteiger partial charge in [0, 0.05) is 11.1 Å². The van der Waals surface area contributed by atoms with Crippen molar-refractivity contribution in [3.05, 3.63) is 90.1 Å². The highest BCUT2D eigenvalue weighted by Crippen LogP contribution is 2.29. The molecule has 0 saturated heterocycles. The van der Waals surface area contributed by atoms with Crippen LogP contribution >= 0.6 is 0 Å². The molecule has 0 N–H and O–H groups in total. The molecule has 0 fully saturated rings. The van der Waals surface area contributed by atoms with E-state index in [-0.39, 0.29) is 5.97 Å². The molecule has 1 heterocycles. The quantitative estimate of drug-likeness (QED) is 0.389. The van der Waals surface area contributed by atoms with E-state index in [0.29, 0.717) is 18.9 Å². The van der Waals surface area contributed by atoms with E-state index in [0.717, 1.165) is 33.7 Å². The van der Waals surface area contributed by atoms with Gasteiger partial charge in [0.05, 0.1) is 19.2 Å². The van der Waals surface area contributed by atoms with Crippen molar-refractivity contribution in [3.8, 4) is 17.2 Å². The van der Waals surface area contributed by atoms with Crippen LogP contribution < -0.4 is 9.47 Å². The van der Waals surface area contributed by atoms with Crippen molar-refractivity contribution >= 4 is 16.9 Å². The van der Waals surface area contributed by atoms with Crippen LogP contribution in [-0.2, 0) is 11.3 Å². The van der Waals surface area contributed by atoms with Gasteiger partial charge in [-0.25, -0.2) is 4.79 Å². The number of aromatic nitrogens is 1. The SMILES string of the molecule is CCOC(=O)c1cc2cc(OC)ccc2n1-c1ccc(OCc2ccccc2)cc1. The zero-order valence-corrected chi connectivity index (χ0v) is 17.0. The smallest absolute Gasteiger partial charge is 0.355 e. The summed E-state index contributed by atoms with van der Waals surface area (Å²) in [6, 6.07) is 25.3. The molecule has 0 aliphatic rings. The number of methoxy groups -OCH3 is 1. The molecule has 0 unspecified atom stereocenters. The van der Waals surface area contributed by atoms with Crippen molar-refractivity contribution < 1.29 is 19.0 Å². The first-order valence-electron chi connectivity index (χ1n) is 9.83. The zero-order chi connectivity index (χ0) is 20.9. The Balaban J connectivity index is 1.67. The number of rotatable bonds is 7. The van der Waals surface area contributed by atoms with Gasteiger partial charge < -0.3 is 18.8 Å². The lowest BCUT2D eigenvalue weighted by Gasteiger charge is -2.12. The second-order valence-electron chi connectivity index (χ2n) is 6.78. The number of ether oxygens (including phenoxy) is 3. The van der Waals surface area contributed by atoms with E-state index in [2.05, 4.69) is 0 Å². The predicted octanol–water partition coefficient (Wildman–Crippen LogP) is 5.39. The topological polar surface area (TPSA) is 49.7 Å². The van der Waals surface area contributed by atoms with Gasteiger partial charge in [-0.3, -0.25) is 0 Å². The van der Waals surface area contributed by atoms with Crippen molar-refractivity contribution in [3.63, 3.8) is 0 Å². The van der Waals surface area contributed by atoms with Gasteiger partial charge in [0.2, 0.25) is 0 Å². The van der Waals surface area contributed by atoms with Crippen LogP contribution in [0.1, 0.15) is 23.0 Å². The fourth-order valence-electron chi connectivity index (χ4n) is 3.39. The maximum absolute atomic E-state index is 12.6. The summed E-state index contributed by atoms with van der Waals surface area (Å²) in [6.45, 7) is 2.61. The first kappa shape index (κ1) is 19.6. The lowest BCUT2D eigenvalue weighted by Crippen LogP contribution is -2.10. The highest BCUT2D eigenvalue weighted by molar-refractivity contribution is 5.97. The van der Waals surface area contributed by atoms with Crippen LogP contribution in [0.2, 0.25) is 0 Å². The summed E-state index contributed by atoms with van der Waals surface area (Å²) < 4.78 is 18.4. The zero-order valence-electron chi connectivity index (χ0n) is 17.0. The summed E-state index contributed by atoms with van der Waals surface area (Å²) in [5.74, 6) is 1.13. The number of fused-ring (bicyclic) bond motifs is 1. The van der Waals surface area contributed by atoms with E-state index in [1.54, 1.807) is 14.0 Å². The van der Waals surface area contributed by atoms with Crippen molar-refractivity contribution in [1.29, 1.82) is 0 Å². The average molecular weight is 401 g/mol. The molecule has 0 radical (unpaired) electrons. The molecule has 0 spiro atoms. The van der Waals surface area contributed by atoms with Gasteiger partial charge in [0.1, 0.15) is 23.8 Å². The summed E-state index contributed by atoms with van der Waals surface area (Å²) in [6.07, 6.45) is 0. The summed E-state index contributed by atoms with van der Waals surface area (Å²) in [5.41, 5.74) is 3.33. The average Bonchev–Trinajstić information content (AvgIpc) is 3.17. The van der Waals surface area contributed by atoms with Gasteiger partial charge in [-0.1, -0.05) is 30.3 Å². The van der Waals surface area contributed by atoms with E-state index in [1.165, 1.54) is 0 Å². The highest BCUT2D eigenvalue weighted by atomic mass is 16.5. The molecule has 0 aliphatic carbocycles. The van der Waals surface area contributed by atoms with Crippen molar-refractivity contribution in [2.24, 2.45) is 0 Å². The van der Waals surface area contributed by atoms with Gasteiger partial charge in [-0.05, 0) is 61.0 Å². The van der Waals surface area contributed by atoms with Crippen LogP contribution in [0.15, 0.2) is 78.9 Å². The van der Waals surface area contributed by atoms with Crippen molar-refractivity contribution in [2.45, 2.75) is 13.5 Å². The molecule has 0 atom stereocenters. The van der Waals surface area contributed by atoms with Crippen LogP contribution in [0, 0.1) is 0 Å². The maximum atomic E-state index is 12.6. The molecule has 0 amide bonds. The fourth-order valence-corrected chi connectivity index (χ4v) is 3.39. The number of benzene rings is 3. The lowest BCUT2D eigenvalue weighted by molar-refractivity contribution is 0.0517. The Morgan fingerprint density at radius 1 is 0.900 bits per heavy atom. The summed E-state index contributed by atoms with van der Waals surface area (Å²) in [7, 11) is 1.62. The van der Waals surface area contributed by atoms with Gasteiger partial charge in [-0.2, -0.15) is 0 Å². The minimum atomic E-state index is -0.364. The first-order chi connectivity index (χ1) is 14.7. The van der Waals surface area contributed by atoms with E-state index >= 15 is 0 Å². The van der Waals surface area contributed by atoms with Crippen LogP contribution in [0.4, 0.5) is 0 Å². The summed E-state index contributed by atoms with van der Waals surface area (Å²) in [5, 5.41) is 0.904. The predicted molar refractivity (Wildman–Crippen MR) is 117 cm³/mol. The van der Waals surface area contributed by atoms with Gasteiger partial charge in [-0.15, -0.1) is 0 Å². The molecule has 152 valence electrons. The van der Waals surface area contributed by atoms with E-state index in [1.807, 2.05) is 83.4 Å². The van der Waals surface area contributed by atoms with E-state index in [9.17, 15) is 4.79 Å². The van der Waals surface area contributed by atoms with Crippen molar-refractivity contribution in [1.82, 2.24) is 4.57 Å². The molecule has 1 aromatic heterocycles. The summed E-state index contributed by atoms with van der Waals surface area (Å²) in [4.78, 5) is 12.6. The van der Waals surface area contributed by atoms with E-state index in [4.69, 9.17) is 14.2 Å². The second kappa shape index (κ2) is 8.74. The minimum absolute atomic E-state index is 0.315. The van der Waals surface area contributed by atoms with E-state index < -0.39 is 0 Å². The Labute approximate surface area is 175 Å². The number of esters is 1. The van der Waals surface area contributed by atoms with Gasteiger partial charge in [0.15, 0.2) is 0 Å². The maximum Gasteiger partial charge on any atom is 0.355 e. The molecular formula is C25H23NO4. The Kier molecular flexibility index (Phi) is 5.70. The fraction of sp³-hybridized carbons (Fsp3) is 0.160. The molecule has 5 nitrogen and oxygen atoms in total. The Morgan fingerprint density at radius 2 is 1.63 bits per heavy atom. The molecule has 0 aliphatic heterocycles. The Morgan fingerprint density at radius 3 is 2.33 bits per heavy atom. The second-order valence-corrected chi connectivity index (χ2v) is 6.78. The summed E-state index contributed by atoms with van der Waals surface area (Å²) >= 11 is 0. The third kappa shape index (κ3) is 4.01. The normalized spacial score (nSPS) is 10.7. The first-order valence-corrected chi connectivity index (χ1v) is 9.83. The minimum Gasteiger partial charge on any atom is -0.497 e. The van der Waals surface area contributed by atoms with Gasteiger partial charge >= 0.3 is 5.97 Å². The number of carbonyl (C=O) groups is 1. The Bertz CT molecular complexity index is 1150. The monoisotopic (exact) mass is 401 g/mol. The van der Waals surface area contributed by atoms with Crippen LogP contribution in [0.3, 0.4) is 0 Å². The van der Waals surface area contributed by atoms with Crippen LogP contribution in [0.25, 0.3) is 16.6 Å². The standard InChI is InChI=1S/C25H23NO4/c1-3-29-25(27)24-16-19-15-22(28-2)13-14-23(19)26(24)20-9-11-21(12-10-20)30-17-18-7-5-4-6-8-18/h4-16H,3,17H2,1-2H3. The molecule has 30 heavy (non-hydrogen) atoms. The number of hydrogen-bond acceptors (Lipinski definition) is 4. The van der Waals surface area contributed by atoms with Crippen LogP contribution in [0.5, 0.6) is 11.5 Å². The number of nitrogens with zero attached hydrogens (tertiary/aromatic N) is 1. The molecular weight excluding hydrogens is 378 g/mol. The Hall–Kier alpha value is -3.73. The molecule has 4 rings (SSSR count). The highest BCUT2D eigenvalue weighted by Gasteiger charge is 2.18. The largest absolute Gasteiger partial charge is 0.497 e. The molecule has 4 aromatic rings. The van der Waals surface area contributed by atoms with Gasteiger partial charge in [0.25, 0.3) is 0 Å². The lowest BCUT2D eigenvalue weighted by atomic mass is 10.2. The molecule has 0 bridgehead atoms. The molecule has 5 heteroatoms. The number of hydrogen-bond donors (Lipinski definition) is 0. The third-order valence-corrected chi connectivity index (χ3v) is 4.84.